The second-order valence-corrected chi connectivity index (χ2v) is 5.59. The fourth-order valence-corrected chi connectivity index (χ4v) is 2.87. The average molecular weight is 283 g/mol. The van der Waals surface area contributed by atoms with Crippen molar-refractivity contribution in [2.75, 3.05) is 53.0 Å². The molecule has 6 nitrogen and oxygen atoms in total. The van der Waals surface area contributed by atoms with Crippen molar-refractivity contribution in [3.63, 3.8) is 0 Å². The Morgan fingerprint density at radius 2 is 1.80 bits per heavy atom. The number of carbonyl (C=O) groups excluding carboxylic acids is 2. The number of piperazine rings is 1. The number of hydrogen-bond acceptors (Lipinski definition) is 4. The Bertz CT molecular complexity index is 335. The van der Waals surface area contributed by atoms with Gasteiger partial charge in [0.25, 0.3) is 0 Å². The Hall–Kier alpha value is -1.14. The Kier molecular flexibility index (Phi) is 5.79. The van der Waals surface area contributed by atoms with Gasteiger partial charge in [-0.05, 0) is 31.8 Å². The topological polar surface area (TPSA) is 61.9 Å². The quantitative estimate of drug-likeness (QED) is 0.752. The van der Waals surface area contributed by atoms with Crippen LogP contribution in [-0.2, 0) is 14.3 Å². The first-order valence-electron chi connectivity index (χ1n) is 7.46. The summed E-state index contributed by atoms with van der Waals surface area (Å²) in [6, 6.07) is 0. The summed E-state index contributed by atoms with van der Waals surface area (Å²) in [6.45, 7) is 4.81. The molecule has 2 rings (SSSR count). The third-order valence-electron chi connectivity index (χ3n) is 4.18. The van der Waals surface area contributed by atoms with Crippen molar-refractivity contribution >= 4 is 11.8 Å². The minimum Gasteiger partial charge on any atom is -0.375 e. The van der Waals surface area contributed by atoms with Gasteiger partial charge in [-0.1, -0.05) is 0 Å². The van der Waals surface area contributed by atoms with Crippen LogP contribution in [0.2, 0.25) is 0 Å². The largest absolute Gasteiger partial charge is 0.375 e. The fourth-order valence-electron chi connectivity index (χ4n) is 2.87. The van der Waals surface area contributed by atoms with E-state index in [4.69, 9.17) is 4.74 Å². The fraction of sp³-hybridized carbons (Fsp3) is 0.857. The van der Waals surface area contributed by atoms with E-state index in [1.807, 2.05) is 4.90 Å². The summed E-state index contributed by atoms with van der Waals surface area (Å²) in [6.07, 6.45) is 2.81. The molecule has 0 aromatic carbocycles. The highest BCUT2D eigenvalue weighted by Crippen LogP contribution is 2.15. The molecule has 0 radical (unpaired) electrons. The molecule has 2 aliphatic rings. The summed E-state index contributed by atoms with van der Waals surface area (Å²) in [5.41, 5.74) is 0. The molecule has 2 saturated heterocycles. The molecule has 0 aromatic rings. The maximum absolute atomic E-state index is 12.1. The Balaban J connectivity index is 1.67. The summed E-state index contributed by atoms with van der Waals surface area (Å²) in [4.78, 5) is 27.5. The first-order valence-corrected chi connectivity index (χ1v) is 7.46. The molecule has 1 N–H and O–H groups in total. The van der Waals surface area contributed by atoms with Gasteiger partial charge in [-0.3, -0.25) is 9.59 Å². The summed E-state index contributed by atoms with van der Waals surface area (Å²) >= 11 is 0. The Morgan fingerprint density at radius 1 is 1.15 bits per heavy atom. The lowest BCUT2D eigenvalue weighted by Crippen LogP contribution is -2.51. The van der Waals surface area contributed by atoms with Gasteiger partial charge in [0.15, 0.2) is 0 Å². The van der Waals surface area contributed by atoms with Crippen molar-refractivity contribution in [2.24, 2.45) is 5.92 Å². The lowest BCUT2D eigenvalue weighted by molar-refractivity contribution is -0.141. The highest BCUT2D eigenvalue weighted by Gasteiger charge is 2.24. The molecule has 6 heteroatoms. The van der Waals surface area contributed by atoms with E-state index in [2.05, 4.69) is 5.32 Å². The second-order valence-electron chi connectivity index (χ2n) is 5.59. The first-order chi connectivity index (χ1) is 9.70. The molecule has 0 saturated carbocycles. The first kappa shape index (κ1) is 15.3. The summed E-state index contributed by atoms with van der Waals surface area (Å²) in [5.74, 6) is 0.899. The zero-order valence-electron chi connectivity index (χ0n) is 12.3. The predicted octanol–water partition coefficient (Wildman–Crippen LogP) is -0.307. The molecular formula is C14H25N3O3. The highest BCUT2D eigenvalue weighted by molar-refractivity contribution is 5.79. The van der Waals surface area contributed by atoms with Crippen LogP contribution in [0.5, 0.6) is 0 Å². The van der Waals surface area contributed by atoms with Crippen molar-refractivity contribution < 1.29 is 14.3 Å². The normalized spacial score (nSPS) is 23.1. The van der Waals surface area contributed by atoms with Crippen molar-refractivity contribution in [2.45, 2.75) is 19.3 Å². The van der Waals surface area contributed by atoms with E-state index in [0.717, 1.165) is 19.5 Å². The van der Waals surface area contributed by atoms with Gasteiger partial charge in [0, 0.05) is 39.7 Å². The monoisotopic (exact) mass is 283 g/mol. The molecule has 2 fully saturated rings. The van der Waals surface area contributed by atoms with E-state index < -0.39 is 0 Å². The number of nitrogens with one attached hydrogen (secondary N) is 1. The number of amides is 2. The third kappa shape index (κ3) is 4.18. The molecule has 0 aliphatic carbocycles. The standard InChI is InChI=1S/C14H25N3O3/c1-20-11-14(19)17-8-6-16(7-9-17)13(18)3-2-12-4-5-15-10-12/h12,15H,2-11H2,1H3. The maximum Gasteiger partial charge on any atom is 0.248 e. The molecule has 1 unspecified atom stereocenters. The van der Waals surface area contributed by atoms with Crippen LogP contribution in [0.1, 0.15) is 19.3 Å². The molecule has 0 spiro atoms. The Labute approximate surface area is 120 Å². The summed E-state index contributed by atoms with van der Waals surface area (Å²) in [5, 5.41) is 3.32. The second kappa shape index (κ2) is 7.59. The average Bonchev–Trinajstić information content (AvgIpc) is 2.98. The zero-order chi connectivity index (χ0) is 14.4. The number of rotatable bonds is 5. The molecule has 2 heterocycles. The van der Waals surface area contributed by atoms with E-state index >= 15 is 0 Å². The molecular weight excluding hydrogens is 258 g/mol. The lowest BCUT2D eigenvalue weighted by Gasteiger charge is -2.34. The highest BCUT2D eigenvalue weighted by atomic mass is 16.5. The predicted molar refractivity (Wildman–Crippen MR) is 75.2 cm³/mol. The van der Waals surface area contributed by atoms with Crippen molar-refractivity contribution in [3.8, 4) is 0 Å². The minimum absolute atomic E-state index is 0.0108. The van der Waals surface area contributed by atoms with Crippen molar-refractivity contribution in [3.05, 3.63) is 0 Å². The number of ether oxygens (including phenoxy) is 1. The molecule has 1 atom stereocenters. The van der Waals surface area contributed by atoms with E-state index in [-0.39, 0.29) is 18.4 Å². The van der Waals surface area contributed by atoms with E-state index in [9.17, 15) is 9.59 Å². The van der Waals surface area contributed by atoms with Crippen LogP contribution in [-0.4, -0.2) is 74.6 Å². The number of methoxy groups -OCH3 is 1. The smallest absolute Gasteiger partial charge is 0.248 e. The summed E-state index contributed by atoms with van der Waals surface area (Å²) in [7, 11) is 1.52. The SMILES string of the molecule is COCC(=O)N1CCN(C(=O)CCC2CCNC2)CC1. The zero-order valence-corrected chi connectivity index (χ0v) is 12.3. The van der Waals surface area contributed by atoms with Crippen LogP contribution in [0.4, 0.5) is 0 Å². The molecule has 0 bridgehead atoms. The van der Waals surface area contributed by atoms with Gasteiger partial charge in [0.1, 0.15) is 6.61 Å². The van der Waals surface area contributed by atoms with Gasteiger partial charge < -0.3 is 19.9 Å². The molecule has 0 aromatic heterocycles. The third-order valence-corrected chi connectivity index (χ3v) is 4.18. The number of hydrogen-bond donors (Lipinski definition) is 1. The van der Waals surface area contributed by atoms with Gasteiger partial charge in [0.2, 0.25) is 11.8 Å². The van der Waals surface area contributed by atoms with Gasteiger partial charge in [-0.15, -0.1) is 0 Å². The Morgan fingerprint density at radius 3 is 2.35 bits per heavy atom. The van der Waals surface area contributed by atoms with Gasteiger partial charge in [-0.25, -0.2) is 0 Å². The number of carbonyl (C=O) groups is 2. The summed E-state index contributed by atoms with van der Waals surface area (Å²) < 4.78 is 4.85. The van der Waals surface area contributed by atoms with Gasteiger partial charge in [0.05, 0.1) is 0 Å². The van der Waals surface area contributed by atoms with Gasteiger partial charge >= 0.3 is 0 Å². The van der Waals surface area contributed by atoms with E-state index in [1.165, 1.54) is 13.5 Å². The van der Waals surface area contributed by atoms with Crippen LogP contribution in [0.15, 0.2) is 0 Å². The molecule has 2 amide bonds. The van der Waals surface area contributed by atoms with Crippen molar-refractivity contribution in [1.82, 2.24) is 15.1 Å². The van der Waals surface area contributed by atoms with Crippen LogP contribution in [0, 0.1) is 5.92 Å². The minimum atomic E-state index is 0.0108. The van der Waals surface area contributed by atoms with Crippen LogP contribution >= 0.6 is 0 Å². The van der Waals surface area contributed by atoms with Crippen LogP contribution in [0.25, 0.3) is 0 Å². The lowest BCUT2D eigenvalue weighted by atomic mass is 10.0. The van der Waals surface area contributed by atoms with Gasteiger partial charge in [-0.2, -0.15) is 0 Å². The van der Waals surface area contributed by atoms with Crippen molar-refractivity contribution in [1.29, 1.82) is 0 Å². The number of nitrogens with zero attached hydrogens (tertiary/aromatic N) is 2. The molecule has 20 heavy (non-hydrogen) atoms. The molecule has 114 valence electrons. The molecule has 2 aliphatic heterocycles. The van der Waals surface area contributed by atoms with E-state index in [0.29, 0.717) is 38.5 Å². The van der Waals surface area contributed by atoms with E-state index in [1.54, 1.807) is 4.90 Å². The maximum atomic E-state index is 12.1. The van der Waals surface area contributed by atoms with Crippen LogP contribution < -0.4 is 5.32 Å². The van der Waals surface area contributed by atoms with Crippen LogP contribution in [0.3, 0.4) is 0 Å².